The summed E-state index contributed by atoms with van der Waals surface area (Å²) in [5, 5.41) is 19.0. The van der Waals surface area contributed by atoms with Gasteiger partial charge in [0.05, 0.1) is 22.0 Å². The Kier molecular flexibility index (Phi) is 4.40. The molecular weight excluding hydrogens is 342 g/mol. The quantitative estimate of drug-likeness (QED) is 0.648. The number of imidazole rings is 1. The predicted octanol–water partition coefficient (Wildman–Crippen LogP) is 2.51. The molecule has 1 heterocycles. The van der Waals surface area contributed by atoms with Crippen molar-refractivity contribution in [2.24, 2.45) is 0 Å². The summed E-state index contributed by atoms with van der Waals surface area (Å²) >= 11 is 0. The van der Waals surface area contributed by atoms with E-state index < -0.39 is 16.1 Å². The summed E-state index contributed by atoms with van der Waals surface area (Å²) in [5.41, 5.74) is 1.43. The van der Waals surface area contributed by atoms with Crippen LogP contribution in [-0.4, -0.2) is 28.2 Å². The van der Waals surface area contributed by atoms with E-state index in [4.69, 9.17) is 0 Å². The lowest BCUT2D eigenvalue weighted by Crippen LogP contribution is -2.28. The first kappa shape index (κ1) is 17.2. The Morgan fingerprint density at radius 1 is 1.12 bits per heavy atom. The summed E-state index contributed by atoms with van der Waals surface area (Å²) in [7, 11) is -3.76. The Bertz CT molecular complexity index is 1010. The molecule has 0 amide bonds. The van der Waals surface area contributed by atoms with Crippen molar-refractivity contribution in [3.63, 3.8) is 0 Å². The van der Waals surface area contributed by atoms with Gasteiger partial charge < -0.3 is 14.8 Å². The van der Waals surface area contributed by atoms with Crippen LogP contribution in [0.3, 0.4) is 0 Å². The Morgan fingerprint density at radius 2 is 1.76 bits per heavy atom. The van der Waals surface area contributed by atoms with Crippen LogP contribution in [0.5, 0.6) is 11.5 Å². The third kappa shape index (κ3) is 3.31. The van der Waals surface area contributed by atoms with Crippen LogP contribution in [0, 0.1) is 0 Å². The molecule has 0 fully saturated rings. The van der Waals surface area contributed by atoms with Crippen molar-refractivity contribution in [2.75, 3.05) is 0 Å². The minimum absolute atomic E-state index is 0.000387. The van der Waals surface area contributed by atoms with Crippen molar-refractivity contribution in [1.29, 1.82) is 0 Å². The molecule has 3 rings (SSSR count). The number of sulfonamides is 1. The molecule has 1 unspecified atom stereocenters. The van der Waals surface area contributed by atoms with Crippen molar-refractivity contribution in [2.45, 2.75) is 31.3 Å². The van der Waals surface area contributed by atoms with Crippen molar-refractivity contribution >= 4 is 21.1 Å². The fourth-order valence-electron chi connectivity index (χ4n) is 2.77. The van der Waals surface area contributed by atoms with Gasteiger partial charge in [0.25, 0.3) is 0 Å². The lowest BCUT2D eigenvalue weighted by molar-refractivity contribution is 0.474. The average Bonchev–Trinajstić information content (AvgIpc) is 2.92. The van der Waals surface area contributed by atoms with E-state index in [0.717, 1.165) is 5.52 Å². The van der Waals surface area contributed by atoms with Gasteiger partial charge >= 0.3 is 0 Å². The van der Waals surface area contributed by atoms with E-state index in [1.807, 2.05) is 11.5 Å². The van der Waals surface area contributed by atoms with E-state index in [1.54, 1.807) is 25.1 Å². The zero-order valence-electron chi connectivity index (χ0n) is 13.8. The zero-order chi connectivity index (χ0) is 18.2. The smallest absolute Gasteiger partial charge is 0.241 e. The van der Waals surface area contributed by atoms with Crippen LogP contribution in [0.2, 0.25) is 0 Å². The predicted molar refractivity (Wildman–Crippen MR) is 93.9 cm³/mol. The van der Waals surface area contributed by atoms with Gasteiger partial charge in [-0.15, -0.1) is 0 Å². The van der Waals surface area contributed by atoms with E-state index in [1.165, 1.54) is 24.3 Å². The van der Waals surface area contributed by atoms with Gasteiger partial charge in [0.15, 0.2) is 0 Å². The monoisotopic (exact) mass is 361 g/mol. The normalized spacial score (nSPS) is 13.2. The Labute approximate surface area is 145 Å². The molecule has 1 aromatic heterocycles. The number of hydrogen-bond donors (Lipinski definition) is 3. The maximum atomic E-state index is 12.5. The highest BCUT2D eigenvalue weighted by Crippen LogP contribution is 2.25. The molecule has 0 spiro atoms. The highest BCUT2D eigenvalue weighted by molar-refractivity contribution is 7.89. The number of fused-ring (bicyclic) bond motifs is 1. The van der Waals surface area contributed by atoms with Gasteiger partial charge in [0.2, 0.25) is 10.0 Å². The summed E-state index contributed by atoms with van der Waals surface area (Å²) in [5.74, 6) is 0.691. The molecule has 0 aliphatic heterocycles. The van der Waals surface area contributed by atoms with Crippen LogP contribution in [0.25, 0.3) is 11.0 Å². The van der Waals surface area contributed by atoms with Crippen LogP contribution in [0.1, 0.15) is 25.7 Å². The summed E-state index contributed by atoms with van der Waals surface area (Å²) in [6.45, 7) is 4.22. The Morgan fingerprint density at radius 3 is 2.40 bits per heavy atom. The van der Waals surface area contributed by atoms with Gasteiger partial charge in [-0.25, -0.2) is 18.1 Å². The lowest BCUT2D eigenvalue weighted by Gasteiger charge is -2.15. The van der Waals surface area contributed by atoms with Crippen molar-refractivity contribution in [3.05, 3.63) is 48.3 Å². The second-order valence-electron chi connectivity index (χ2n) is 5.72. The molecule has 132 valence electrons. The summed E-state index contributed by atoms with van der Waals surface area (Å²) < 4.78 is 29.5. The van der Waals surface area contributed by atoms with Crippen LogP contribution in [-0.2, 0) is 16.6 Å². The van der Waals surface area contributed by atoms with Gasteiger partial charge in [0.1, 0.15) is 17.3 Å². The number of aromatic hydroxyl groups is 2. The maximum absolute atomic E-state index is 12.5. The van der Waals surface area contributed by atoms with Crippen molar-refractivity contribution in [1.82, 2.24) is 14.3 Å². The number of aryl methyl sites for hydroxylation is 1. The molecule has 7 nitrogen and oxygen atoms in total. The third-order valence-electron chi connectivity index (χ3n) is 3.94. The van der Waals surface area contributed by atoms with Gasteiger partial charge in [-0.05, 0) is 50.2 Å². The van der Waals surface area contributed by atoms with E-state index in [-0.39, 0.29) is 16.4 Å². The first-order valence-electron chi connectivity index (χ1n) is 7.82. The Hall–Kier alpha value is -2.58. The summed E-state index contributed by atoms with van der Waals surface area (Å²) in [6, 6.07) is 9.60. The number of phenolic OH excluding ortho intramolecular Hbond substituents is 2. The van der Waals surface area contributed by atoms with Gasteiger partial charge in [-0.3, -0.25) is 0 Å². The SMILES string of the molecule is CCn1c(C(C)NS(=O)(=O)c2ccc(O)cc2)nc2ccc(O)cc21. The molecule has 0 aliphatic rings. The summed E-state index contributed by atoms with van der Waals surface area (Å²) in [4.78, 5) is 4.57. The topological polar surface area (TPSA) is 104 Å². The molecule has 0 saturated heterocycles. The van der Waals surface area contributed by atoms with Crippen molar-refractivity contribution < 1.29 is 18.6 Å². The fraction of sp³-hybridized carbons (Fsp3) is 0.235. The molecule has 2 aromatic carbocycles. The van der Waals surface area contributed by atoms with Crippen LogP contribution >= 0.6 is 0 Å². The van der Waals surface area contributed by atoms with E-state index >= 15 is 0 Å². The van der Waals surface area contributed by atoms with Gasteiger partial charge in [-0.1, -0.05) is 0 Å². The average molecular weight is 361 g/mol. The molecular formula is C17H19N3O4S. The van der Waals surface area contributed by atoms with Gasteiger partial charge in [0, 0.05) is 12.6 Å². The highest BCUT2D eigenvalue weighted by atomic mass is 32.2. The number of aromatic nitrogens is 2. The largest absolute Gasteiger partial charge is 0.508 e. The van der Waals surface area contributed by atoms with Crippen LogP contribution in [0.4, 0.5) is 0 Å². The number of phenols is 2. The second kappa shape index (κ2) is 6.38. The molecule has 8 heteroatoms. The van der Waals surface area contributed by atoms with Crippen LogP contribution < -0.4 is 4.72 Å². The molecule has 0 aliphatic carbocycles. The minimum Gasteiger partial charge on any atom is -0.508 e. The standard InChI is InChI=1S/C17H19N3O4S/c1-3-20-16-10-13(22)6-9-15(16)18-17(20)11(2)19-25(23,24)14-7-4-12(21)5-8-14/h4-11,19,21-22H,3H2,1-2H3. The van der Waals surface area contributed by atoms with Crippen molar-refractivity contribution in [3.8, 4) is 11.5 Å². The number of hydrogen-bond acceptors (Lipinski definition) is 5. The zero-order valence-corrected chi connectivity index (χ0v) is 14.7. The number of nitrogens with zero attached hydrogens (tertiary/aromatic N) is 2. The summed E-state index contributed by atoms with van der Waals surface area (Å²) in [6.07, 6.45) is 0. The van der Waals surface area contributed by atoms with E-state index in [2.05, 4.69) is 9.71 Å². The third-order valence-corrected chi connectivity index (χ3v) is 5.50. The highest BCUT2D eigenvalue weighted by Gasteiger charge is 2.22. The lowest BCUT2D eigenvalue weighted by atomic mass is 10.3. The van der Waals surface area contributed by atoms with Crippen LogP contribution in [0.15, 0.2) is 47.4 Å². The first-order chi connectivity index (χ1) is 11.8. The number of benzene rings is 2. The molecule has 1 atom stereocenters. The molecule has 0 radical (unpaired) electrons. The van der Waals surface area contributed by atoms with Gasteiger partial charge in [-0.2, -0.15) is 0 Å². The number of nitrogens with one attached hydrogen (secondary N) is 1. The molecule has 3 N–H and O–H groups in total. The first-order valence-corrected chi connectivity index (χ1v) is 9.30. The Balaban J connectivity index is 1.96. The fourth-order valence-corrected chi connectivity index (χ4v) is 3.97. The maximum Gasteiger partial charge on any atom is 0.241 e. The number of rotatable bonds is 5. The van der Waals surface area contributed by atoms with E-state index in [0.29, 0.717) is 17.9 Å². The molecule has 25 heavy (non-hydrogen) atoms. The second-order valence-corrected chi connectivity index (χ2v) is 7.44. The van der Waals surface area contributed by atoms with E-state index in [9.17, 15) is 18.6 Å². The molecule has 0 saturated carbocycles. The molecule has 3 aromatic rings. The minimum atomic E-state index is -3.76. The molecule has 0 bridgehead atoms.